The van der Waals surface area contributed by atoms with Gasteiger partial charge in [-0.3, -0.25) is 4.79 Å². The number of halogens is 1. The molecule has 0 aliphatic rings. The average Bonchev–Trinajstić information content (AvgIpc) is 2.84. The van der Waals surface area contributed by atoms with E-state index in [4.69, 9.17) is 35.3 Å². The number of carbonyl (C=O) groups excluding carboxylic acids is 1. The largest absolute Gasteiger partial charge is 0.496 e. The molecular formula is C25H33ClN2O6. The van der Waals surface area contributed by atoms with Crippen LogP contribution in [0.5, 0.6) is 23.0 Å². The van der Waals surface area contributed by atoms with Crippen LogP contribution in [0.2, 0.25) is 5.02 Å². The molecule has 0 fully saturated rings. The van der Waals surface area contributed by atoms with Gasteiger partial charge in [-0.1, -0.05) is 11.6 Å². The summed E-state index contributed by atoms with van der Waals surface area (Å²) in [7, 11) is 6.41. The van der Waals surface area contributed by atoms with Crippen LogP contribution in [-0.4, -0.2) is 60.6 Å². The second-order valence-corrected chi connectivity index (χ2v) is 7.65. The smallest absolute Gasteiger partial charge is 0.319 e. The Bertz CT molecular complexity index is 955. The zero-order chi connectivity index (χ0) is 24.9. The van der Waals surface area contributed by atoms with Gasteiger partial charge in [0.15, 0.2) is 0 Å². The molecular weight excluding hydrogens is 460 g/mol. The lowest BCUT2D eigenvalue weighted by Crippen LogP contribution is -2.29. The van der Waals surface area contributed by atoms with Crippen molar-refractivity contribution in [3.8, 4) is 23.0 Å². The summed E-state index contributed by atoms with van der Waals surface area (Å²) in [6.07, 6.45) is 1.98. The van der Waals surface area contributed by atoms with Crippen molar-refractivity contribution in [2.75, 3.05) is 54.7 Å². The topological polar surface area (TPSA) is 87.3 Å². The van der Waals surface area contributed by atoms with E-state index in [1.807, 2.05) is 30.3 Å². The number of esters is 1. The molecule has 9 heteroatoms. The molecule has 8 nitrogen and oxygen atoms in total. The molecule has 2 rings (SSSR count). The minimum Gasteiger partial charge on any atom is -0.496 e. The molecule has 0 amide bonds. The first-order valence-electron chi connectivity index (χ1n) is 10.8. The summed E-state index contributed by atoms with van der Waals surface area (Å²) in [4.78, 5) is 11.7. The van der Waals surface area contributed by atoms with Crippen LogP contribution in [0.3, 0.4) is 0 Å². The zero-order valence-electron chi connectivity index (χ0n) is 20.3. The fourth-order valence-electron chi connectivity index (χ4n) is 3.34. The monoisotopic (exact) mass is 492 g/mol. The first kappa shape index (κ1) is 27.3. The van der Waals surface area contributed by atoms with Gasteiger partial charge < -0.3 is 34.3 Å². The van der Waals surface area contributed by atoms with Crippen molar-refractivity contribution in [2.45, 2.75) is 13.5 Å². The van der Waals surface area contributed by atoms with Gasteiger partial charge >= 0.3 is 5.97 Å². The summed E-state index contributed by atoms with van der Waals surface area (Å²) in [5.74, 6) is 2.36. The Labute approximate surface area is 206 Å². The van der Waals surface area contributed by atoms with Crippen molar-refractivity contribution in [3.63, 3.8) is 0 Å². The van der Waals surface area contributed by atoms with E-state index in [-0.39, 0.29) is 12.5 Å². The van der Waals surface area contributed by atoms with Crippen LogP contribution in [-0.2, 0) is 16.1 Å². The standard InChI is InChI=1S/C25H33ClN2O6/c1-6-34-25(29)16-28-14-17(9-18-10-19(26)7-8-22(18)31-3)13-27-15-21-23(32-4)11-20(30-2)12-24(21)33-5/h7-12,27-28H,6,13-16H2,1-5H3/b17-9+. The van der Waals surface area contributed by atoms with E-state index in [9.17, 15) is 4.79 Å². The maximum absolute atomic E-state index is 11.7. The normalized spacial score (nSPS) is 11.2. The molecule has 0 aliphatic carbocycles. The number of benzene rings is 2. The first-order chi connectivity index (χ1) is 16.4. The lowest BCUT2D eigenvalue weighted by molar-refractivity contribution is -0.141. The van der Waals surface area contributed by atoms with Gasteiger partial charge in [-0.2, -0.15) is 0 Å². The van der Waals surface area contributed by atoms with E-state index in [0.717, 1.165) is 16.7 Å². The molecule has 0 radical (unpaired) electrons. The van der Waals surface area contributed by atoms with Crippen molar-refractivity contribution in [2.24, 2.45) is 0 Å². The summed E-state index contributed by atoms with van der Waals surface area (Å²) in [6, 6.07) is 9.05. The Morgan fingerprint density at radius 1 is 0.882 bits per heavy atom. The minimum absolute atomic E-state index is 0.109. The predicted octanol–water partition coefficient (Wildman–Crippen LogP) is 3.70. The molecule has 0 aromatic heterocycles. The Balaban J connectivity index is 2.21. The third kappa shape index (κ3) is 8.13. The number of ether oxygens (including phenoxy) is 5. The van der Waals surface area contributed by atoms with Crippen molar-refractivity contribution in [1.82, 2.24) is 10.6 Å². The lowest BCUT2D eigenvalue weighted by atomic mass is 10.1. The van der Waals surface area contributed by atoms with Gasteiger partial charge in [0, 0.05) is 42.4 Å². The lowest BCUT2D eigenvalue weighted by Gasteiger charge is -2.17. The summed E-state index contributed by atoms with van der Waals surface area (Å²) in [6.45, 7) is 3.69. The average molecular weight is 493 g/mol. The van der Waals surface area contributed by atoms with Crippen LogP contribution in [0.15, 0.2) is 35.9 Å². The molecule has 0 atom stereocenters. The summed E-state index contributed by atoms with van der Waals surface area (Å²) in [5, 5.41) is 7.16. The molecule has 0 bridgehead atoms. The summed E-state index contributed by atoms with van der Waals surface area (Å²) < 4.78 is 26.8. The van der Waals surface area contributed by atoms with Crippen molar-refractivity contribution >= 4 is 23.6 Å². The second-order valence-electron chi connectivity index (χ2n) is 7.21. The molecule has 0 unspecified atom stereocenters. The molecule has 0 saturated heterocycles. The SMILES string of the molecule is CCOC(=O)CNC/C(=C/c1cc(Cl)ccc1OC)CNCc1c(OC)cc(OC)cc1OC. The van der Waals surface area contributed by atoms with E-state index in [0.29, 0.717) is 54.3 Å². The van der Waals surface area contributed by atoms with E-state index in [2.05, 4.69) is 10.6 Å². The van der Waals surface area contributed by atoms with Gasteiger partial charge in [0.25, 0.3) is 0 Å². The minimum atomic E-state index is -0.303. The van der Waals surface area contributed by atoms with E-state index in [1.165, 1.54) is 0 Å². The quantitative estimate of drug-likeness (QED) is 0.386. The first-order valence-corrected chi connectivity index (χ1v) is 11.2. The van der Waals surface area contributed by atoms with Gasteiger partial charge in [-0.15, -0.1) is 0 Å². The van der Waals surface area contributed by atoms with Gasteiger partial charge in [-0.25, -0.2) is 0 Å². The Kier molecular flexibility index (Phi) is 11.5. The molecule has 2 aromatic carbocycles. The highest BCUT2D eigenvalue weighted by Gasteiger charge is 2.14. The Morgan fingerprint density at radius 3 is 2.12 bits per heavy atom. The van der Waals surface area contributed by atoms with Crippen LogP contribution >= 0.6 is 11.6 Å². The molecule has 0 spiro atoms. The molecule has 0 aliphatic heterocycles. The van der Waals surface area contributed by atoms with Crippen molar-refractivity contribution in [3.05, 3.63) is 52.1 Å². The van der Waals surface area contributed by atoms with E-state index in [1.54, 1.807) is 41.4 Å². The highest BCUT2D eigenvalue weighted by molar-refractivity contribution is 6.30. The summed E-state index contributed by atoms with van der Waals surface area (Å²) in [5.41, 5.74) is 2.69. The molecule has 0 heterocycles. The van der Waals surface area contributed by atoms with E-state index < -0.39 is 0 Å². The zero-order valence-corrected chi connectivity index (χ0v) is 21.1. The van der Waals surface area contributed by atoms with Gasteiger partial charge in [0.2, 0.25) is 0 Å². The Morgan fingerprint density at radius 2 is 1.53 bits per heavy atom. The molecule has 0 saturated carbocycles. The number of hydrogen-bond donors (Lipinski definition) is 2. The number of rotatable bonds is 14. The van der Waals surface area contributed by atoms with E-state index >= 15 is 0 Å². The van der Waals surface area contributed by atoms with Gasteiger partial charge in [0.1, 0.15) is 23.0 Å². The number of hydrogen-bond acceptors (Lipinski definition) is 8. The van der Waals surface area contributed by atoms with Crippen LogP contribution in [0.4, 0.5) is 0 Å². The van der Waals surface area contributed by atoms with Crippen molar-refractivity contribution in [1.29, 1.82) is 0 Å². The predicted molar refractivity (Wildman–Crippen MR) is 133 cm³/mol. The van der Waals surface area contributed by atoms with Crippen LogP contribution < -0.4 is 29.6 Å². The molecule has 2 aromatic rings. The third-order valence-electron chi connectivity index (χ3n) is 4.95. The molecule has 186 valence electrons. The number of carbonyl (C=O) groups is 1. The molecule has 2 N–H and O–H groups in total. The summed E-state index contributed by atoms with van der Waals surface area (Å²) >= 11 is 6.20. The number of methoxy groups -OCH3 is 4. The van der Waals surface area contributed by atoms with Gasteiger partial charge in [0.05, 0.1) is 47.2 Å². The Hall–Kier alpha value is -2.94. The highest BCUT2D eigenvalue weighted by atomic mass is 35.5. The number of nitrogens with one attached hydrogen (secondary N) is 2. The second kappa shape index (κ2) is 14.3. The maximum Gasteiger partial charge on any atom is 0.319 e. The maximum atomic E-state index is 11.7. The van der Waals surface area contributed by atoms with Crippen LogP contribution in [0, 0.1) is 0 Å². The van der Waals surface area contributed by atoms with Gasteiger partial charge in [-0.05, 0) is 36.8 Å². The van der Waals surface area contributed by atoms with Crippen molar-refractivity contribution < 1.29 is 28.5 Å². The third-order valence-corrected chi connectivity index (χ3v) is 5.18. The fourth-order valence-corrected chi connectivity index (χ4v) is 3.52. The highest BCUT2D eigenvalue weighted by Crippen LogP contribution is 2.34. The van der Waals surface area contributed by atoms with Crippen LogP contribution in [0.25, 0.3) is 6.08 Å². The fraction of sp³-hybridized carbons (Fsp3) is 0.400. The van der Waals surface area contributed by atoms with Crippen LogP contribution in [0.1, 0.15) is 18.1 Å². The molecule has 34 heavy (non-hydrogen) atoms.